The summed E-state index contributed by atoms with van der Waals surface area (Å²) in [5.74, 6) is -0.620. The van der Waals surface area contributed by atoms with Crippen molar-refractivity contribution in [2.24, 2.45) is 0 Å². The summed E-state index contributed by atoms with van der Waals surface area (Å²) in [4.78, 5) is 11.5. The molecule has 0 amide bonds. The monoisotopic (exact) mass is 186 g/mol. The summed E-state index contributed by atoms with van der Waals surface area (Å²) in [5.41, 5.74) is -0.691. The van der Waals surface area contributed by atoms with E-state index in [1.165, 1.54) is 0 Å². The van der Waals surface area contributed by atoms with Crippen molar-refractivity contribution >= 4 is 5.78 Å². The van der Waals surface area contributed by atoms with E-state index in [9.17, 15) is 4.79 Å². The van der Waals surface area contributed by atoms with Crippen LogP contribution in [0.2, 0.25) is 0 Å². The van der Waals surface area contributed by atoms with Crippen molar-refractivity contribution in [1.29, 1.82) is 0 Å². The van der Waals surface area contributed by atoms with E-state index in [1.807, 2.05) is 20.8 Å². The van der Waals surface area contributed by atoms with Crippen LogP contribution in [-0.2, 0) is 14.3 Å². The molecule has 1 heterocycles. The number of hydrogen-bond donors (Lipinski definition) is 0. The average Bonchev–Trinajstić information content (AvgIpc) is 1.98. The third-order valence-corrected chi connectivity index (χ3v) is 2.11. The van der Waals surface area contributed by atoms with Gasteiger partial charge in [0, 0.05) is 0 Å². The second-order valence-electron chi connectivity index (χ2n) is 4.51. The fourth-order valence-corrected chi connectivity index (χ4v) is 1.70. The Hall–Kier alpha value is -0.410. The number of hydrogen-bond acceptors (Lipinski definition) is 3. The smallest absolute Gasteiger partial charge is 0.174 e. The Labute approximate surface area is 79.4 Å². The first-order valence-corrected chi connectivity index (χ1v) is 4.66. The Morgan fingerprint density at radius 2 is 1.92 bits per heavy atom. The van der Waals surface area contributed by atoms with Crippen molar-refractivity contribution in [3.8, 4) is 0 Å². The van der Waals surface area contributed by atoms with E-state index in [-0.39, 0.29) is 11.9 Å². The molecule has 3 nitrogen and oxygen atoms in total. The van der Waals surface area contributed by atoms with Gasteiger partial charge in [0.2, 0.25) is 0 Å². The van der Waals surface area contributed by atoms with Gasteiger partial charge in [-0.3, -0.25) is 4.79 Å². The average molecular weight is 186 g/mol. The maximum Gasteiger partial charge on any atom is 0.174 e. The highest BCUT2D eigenvalue weighted by Gasteiger charge is 2.48. The lowest BCUT2D eigenvalue weighted by Crippen LogP contribution is -2.34. The van der Waals surface area contributed by atoms with Crippen molar-refractivity contribution in [3.05, 3.63) is 0 Å². The van der Waals surface area contributed by atoms with E-state index in [1.54, 1.807) is 13.8 Å². The van der Waals surface area contributed by atoms with Crippen molar-refractivity contribution in [2.45, 2.75) is 58.5 Å². The van der Waals surface area contributed by atoms with Gasteiger partial charge in [-0.1, -0.05) is 0 Å². The van der Waals surface area contributed by atoms with Crippen LogP contribution in [0.5, 0.6) is 0 Å². The first kappa shape index (κ1) is 10.7. The number of Topliss-reactive ketones (excluding diaryl/α,β-unsaturated/α-hetero) is 1. The first-order valence-electron chi connectivity index (χ1n) is 4.66. The zero-order valence-corrected chi connectivity index (χ0v) is 9.01. The highest BCUT2D eigenvalue weighted by atomic mass is 16.7. The molecule has 0 bridgehead atoms. The van der Waals surface area contributed by atoms with Crippen LogP contribution in [0.1, 0.15) is 41.0 Å². The molecule has 0 aliphatic carbocycles. The Kier molecular flexibility index (Phi) is 2.52. The Morgan fingerprint density at radius 3 is 2.23 bits per heavy atom. The van der Waals surface area contributed by atoms with Gasteiger partial charge in [-0.05, 0) is 34.6 Å². The van der Waals surface area contributed by atoms with Crippen LogP contribution in [-0.4, -0.2) is 23.3 Å². The lowest BCUT2D eigenvalue weighted by atomic mass is 10.0. The molecular formula is C10H18O3. The molecule has 1 fully saturated rings. The SMILES string of the molecule is CC(C)OC1(C)CC(=O)C(C)(C)O1. The topological polar surface area (TPSA) is 35.5 Å². The maximum atomic E-state index is 11.5. The maximum absolute atomic E-state index is 11.5. The van der Waals surface area contributed by atoms with Crippen LogP contribution >= 0.6 is 0 Å². The van der Waals surface area contributed by atoms with Crippen LogP contribution < -0.4 is 0 Å². The second kappa shape index (κ2) is 3.07. The summed E-state index contributed by atoms with van der Waals surface area (Å²) in [5, 5.41) is 0. The van der Waals surface area contributed by atoms with Gasteiger partial charge in [0.25, 0.3) is 0 Å². The van der Waals surface area contributed by atoms with Crippen LogP contribution in [0.3, 0.4) is 0 Å². The van der Waals surface area contributed by atoms with Gasteiger partial charge < -0.3 is 9.47 Å². The molecule has 0 spiro atoms. The van der Waals surface area contributed by atoms with Gasteiger partial charge in [-0.25, -0.2) is 0 Å². The highest BCUT2D eigenvalue weighted by Crippen LogP contribution is 2.35. The normalized spacial score (nSPS) is 32.9. The predicted octanol–water partition coefficient (Wildman–Crippen LogP) is 1.90. The Balaban J connectivity index is 2.71. The first-order chi connectivity index (χ1) is 5.75. The van der Waals surface area contributed by atoms with Crippen molar-refractivity contribution in [2.75, 3.05) is 0 Å². The molecule has 3 heteroatoms. The minimum atomic E-state index is -0.727. The van der Waals surface area contributed by atoms with Gasteiger partial charge in [-0.15, -0.1) is 0 Å². The van der Waals surface area contributed by atoms with Crippen LogP contribution in [0.25, 0.3) is 0 Å². The Bertz CT molecular complexity index is 220. The molecule has 0 aromatic carbocycles. The lowest BCUT2D eigenvalue weighted by Gasteiger charge is -2.28. The third-order valence-electron chi connectivity index (χ3n) is 2.11. The minimum absolute atomic E-state index is 0.0756. The van der Waals surface area contributed by atoms with Gasteiger partial charge >= 0.3 is 0 Å². The number of carbonyl (C=O) groups is 1. The summed E-state index contributed by atoms with van der Waals surface area (Å²) in [7, 11) is 0. The predicted molar refractivity (Wildman–Crippen MR) is 49.4 cm³/mol. The molecule has 0 aromatic rings. The van der Waals surface area contributed by atoms with E-state index >= 15 is 0 Å². The molecular weight excluding hydrogens is 168 g/mol. The molecule has 0 radical (unpaired) electrons. The molecule has 1 aliphatic heterocycles. The van der Waals surface area contributed by atoms with Gasteiger partial charge in [0.05, 0.1) is 12.5 Å². The van der Waals surface area contributed by atoms with Crippen molar-refractivity contribution in [1.82, 2.24) is 0 Å². The van der Waals surface area contributed by atoms with Gasteiger partial charge in [-0.2, -0.15) is 0 Å². The van der Waals surface area contributed by atoms with Crippen LogP contribution in [0, 0.1) is 0 Å². The van der Waals surface area contributed by atoms with Crippen LogP contribution in [0.15, 0.2) is 0 Å². The van der Waals surface area contributed by atoms with E-state index in [2.05, 4.69) is 0 Å². The zero-order valence-electron chi connectivity index (χ0n) is 9.01. The number of ketones is 1. The summed E-state index contributed by atoms with van der Waals surface area (Å²) in [6.45, 7) is 9.25. The number of rotatable bonds is 2. The molecule has 1 rings (SSSR count). The van der Waals surface area contributed by atoms with E-state index < -0.39 is 11.4 Å². The largest absolute Gasteiger partial charge is 0.347 e. The molecule has 1 saturated heterocycles. The summed E-state index contributed by atoms with van der Waals surface area (Å²) < 4.78 is 11.1. The highest BCUT2D eigenvalue weighted by molar-refractivity contribution is 5.89. The third kappa shape index (κ3) is 2.29. The second-order valence-corrected chi connectivity index (χ2v) is 4.51. The number of ether oxygens (including phenoxy) is 2. The van der Waals surface area contributed by atoms with Gasteiger partial charge in [0.1, 0.15) is 5.60 Å². The minimum Gasteiger partial charge on any atom is -0.347 e. The molecule has 0 saturated carbocycles. The fraction of sp³-hybridized carbons (Fsp3) is 0.900. The van der Waals surface area contributed by atoms with E-state index in [4.69, 9.17) is 9.47 Å². The fourth-order valence-electron chi connectivity index (χ4n) is 1.70. The van der Waals surface area contributed by atoms with Crippen LogP contribution in [0.4, 0.5) is 0 Å². The van der Waals surface area contributed by atoms with Gasteiger partial charge in [0.15, 0.2) is 11.6 Å². The molecule has 0 N–H and O–H groups in total. The zero-order chi connectivity index (χ0) is 10.3. The molecule has 1 unspecified atom stereocenters. The summed E-state index contributed by atoms with van der Waals surface area (Å²) in [6, 6.07) is 0. The molecule has 1 atom stereocenters. The Morgan fingerprint density at radius 1 is 1.38 bits per heavy atom. The summed E-state index contributed by atoms with van der Waals surface area (Å²) in [6.07, 6.45) is 0.421. The van der Waals surface area contributed by atoms with Crippen molar-refractivity contribution < 1.29 is 14.3 Å². The molecule has 1 aliphatic rings. The quantitative estimate of drug-likeness (QED) is 0.660. The van der Waals surface area contributed by atoms with E-state index in [0.29, 0.717) is 6.42 Å². The standard InChI is InChI=1S/C10H18O3/c1-7(2)12-10(5)6-8(11)9(3,4)13-10/h7H,6H2,1-5H3. The van der Waals surface area contributed by atoms with Crippen molar-refractivity contribution in [3.63, 3.8) is 0 Å². The lowest BCUT2D eigenvalue weighted by molar-refractivity contribution is -0.248. The molecule has 0 aromatic heterocycles. The van der Waals surface area contributed by atoms with E-state index in [0.717, 1.165) is 0 Å². The number of carbonyl (C=O) groups excluding carboxylic acids is 1. The summed E-state index contributed by atoms with van der Waals surface area (Å²) >= 11 is 0. The molecule has 76 valence electrons. The molecule has 13 heavy (non-hydrogen) atoms.